The topological polar surface area (TPSA) is 94.7 Å². The summed E-state index contributed by atoms with van der Waals surface area (Å²) in [4.78, 5) is 42.8. The van der Waals surface area contributed by atoms with Gasteiger partial charge in [0.1, 0.15) is 12.3 Å². The smallest absolute Gasteiger partial charge is 0.355 e. The lowest BCUT2D eigenvalue weighted by atomic mass is 9.97. The maximum Gasteiger partial charge on any atom is 0.355 e. The molecule has 34 heavy (non-hydrogen) atoms. The van der Waals surface area contributed by atoms with Crippen molar-refractivity contribution in [1.29, 1.82) is 0 Å². The molecule has 0 radical (unpaired) electrons. The molecule has 0 saturated heterocycles. The first-order chi connectivity index (χ1) is 16.5. The van der Waals surface area contributed by atoms with E-state index in [4.69, 9.17) is 14.2 Å². The van der Waals surface area contributed by atoms with E-state index in [1.165, 1.54) is 0 Å². The summed E-state index contributed by atoms with van der Waals surface area (Å²) in [7, 11) is 0. The fraction of sp³-hybridized carbons (Fsp3) is 0.346. The number of nitrogens with one attached hydrogen (secondary N) is 1. The van der Waals surface area contributed by atoms with E-state index in [9.17, 15) is 14.4 Å². The van der Waals surface area contributed by atoms with Crippen molar-refractivity contribution in [2.24, 2.45) is 0 Å². The summed E-state index contributed by atoms with van der Waals surface area (Å²) in [6, 6.07) is 13.3. The molecule has 3 aromatic rings. The molecule has 1 atom stereocenters. The highest BCUT2D eigenvalue weighted by molar-refractivity contribution is 7.09. The fourth-order valence-corrected chi connectivity index (χ4v) is 4.34. The number of esters is 3. The minimum Gasteiger partial charge on any atom is -0.465 e. The highest BCUT2D eigenvalue weighted by Gasteiger charge is 2.33. The van der Waals surface area contributed by atoms with Crippen molar-refractivity contribution < 1.29 is 28.6 Å². The molecule has 180 valence electrons. The molecule has 8 heteroatoms. The molecule has 2 aromatic heterocycles. The van der Waals surface area contributed by atoms with E-state index in [1.807, 2.05) is 47.8 Å². The Hall–Kier alpha value is -3.39. The average molecular weight is 484 g/mol. The zero-order chi connectivity index (χ0) is 24.5. The monoisotopic (exact) mass is 483 g/mol. The molecule has 7 nitrogen and oxygen atoms in total. The van der Waals surface area contributed by atoms with Crippen LogP contribution in [-0.2, 0) is 38.5 Å². The van der Waals surface area contributed by atoms with Crippen molar-refractivity contribution in [3.05, 3.63) is 80.8 Å². The highest BCUT2D eigenvalue weighted by Crippen LogP contribution is 2.30. The van der Waals surface area contributed by atoms with Crippen LogP contribution >= 0.6 is 11.3 Å². The van der Waals surface area contributed by atoms with Gasteiger partial charge < -0.3 is 19.2 Å². The summed E-state index contributed by atoms with van der Waals surface area (Å²) < 4.78 is 16.0. The van der Waals surface area contributed by atoms with Gasteiger partial charge in [0.05, 0.1) is 24.7 Å². The van der Waals surface area contributed by atoms with Crippen LogP contribution in [0, 0.1) is 0 Å². The standard InChI is InChI=1S/C26H29NO6S/c1-4-31-24(28)17(3)22-21(25(29)32-5-2)20(14-13-19-12-9-15-34-19)23(27-22)26(30)33-16-18-10-7-6-8-11-18/h6-12,15,17,27H,4-5,13-14,16H2,1-3H3. The number of H-pyrrole nitrogens is 1. The molecule has 1 N–H and O–H groups in total. The third kappa shape index (κ3) is 6.14. The predicted octanol–water partition coefficient (Wildman–Crippen LogP) is 5.06. The zero-order valence-corrected chi connectivity index (χ0v) is 20.4. The van der Waals surface area contributed by atoms with Gasteiger partial charge in [0.25, 0.3) is 0 Å². The predicted molar refractivity (Wildman–Crippen MR) is 129 cm³/mol. The second-order valence-electron chi connectivity index (χ2n) is 7.60. The summed E-state index contributed by atoms with van der Waals surface area (Å²) in [5.41, 5.74) is 1.97. The molecule has 0 aliphatic rings. The summed E-state index contributed by atoms with van der Waals surface area (Å²) >= 11 is 1.60. The lowest BCUT2D eigenvalue weighted by Gasteiger charge is -2.12. The molecular formula is C26H29NO6S. The van der Waals surface area contributed by atoms with Crippen LogP contribution in [0.15, 0.2) is 47.8 Å². The van der Waals surface area contributed by atoms with Crippen molar-refractivity contribution in [3.8, 4) is 0 Å². The van der Waals surface area contributed by atoms with Crippen LogP contribution in [0.3, 0.4) is 0 Å². The van der Waals surface area contributed by atoms with Gasteiger partial charge in [0, 0.05) is 10.6 Å². The number of rotatable bonds is 11. The Morgan fingerprint density at radius 2 is 1.65 bits per heavy atom. The molecule has 0 aliphatic heterocycles. The third-order valence-electron chi connectivity index (χ3n) is 5.30. The minimum atomic E-state index is -0.796. The van der Waals surface area contributed by atoms with Gasteiger partial charge in [-0.25, -0.2) is 9.59 Å². The van der Waals surface area contributed by atoms with Crippen LogP contribution < -0.4 is 0 Å². The van der Waals surface area contributed by atoms with Crippen LogP contribution in [0.1, 0.15) is 69.2 Å². The molecule has 1 unspecified atom stereocenters. The first kappa shape index (κ1) is 25.2. The van der Waals surface area contributed by atoms with Gasteiger partial charge in [-0.15, -0.1) is 11.3 Å². The van der Waals surface area contributed by atoms with Crippen molar-refractivity contribution in [2.75, 3.05) is 13.2 Å². The molecular weight excluding hydrogens is 454 g/mol. The number of ether oxygens (including phenoxy) is 3. The number of benzene rings is 1. The van der Waals surface area contributed by atoms with E-state index < -0.39 is 23.8 Å². The lowest BCUT2D eigenvalue weighted by Crippen LogP contribution is -2.17. The molecule has 1 aromatic carbocycles. The molecule has 0 saturated carbocycles. The Labute approximate surface area is 203 Å². The molecule has 3 rings (SSSR count). The Morgan fingerprint density at radius 1 is 0.912 bits per heavy atom. The van der Waals surface area contributed by atoms with Gasteiger partial charge in [0.15, 0.2) is 0 Å². The number of aromatic nitrogens is 1. The SMILES string of the molecule is CCOC(=O)c1c(C(C)C(=O)OCC)[nH]c(C(=O)OCc2ccccc2)c1CCc1cccs1. The van der Waals surface area contributed by atoms with E-state index in [-0.39, 0.29) is 31.1 Å². The molecule has 2 heterocycles. The molecule has 0 amide bonds. The minimum absolute atomic E-state index is 0.0839. The maximum atomic E-state index is 13.1. The van der Waals surface area contributed by atoms with E-state index in [1.54, 1.807) is 32.1 Å². The maximum absolute atomic E-state index is 13.1. The number of aryl methyl sites for hydroxylation is 1. The van der Waals surface area contributed by atoms with Crippen molar-refractivity contribution in [1.82, 2.24) is 4.98 Å². The largest absolute Gasteiger partial charge is 0.465 e. The number of thiophene rings is 1. The van der Waals surface area contributed by atoms with E-state index in [0.717, 1.165) is 10.4 Å². The first-order valence-corrected chi connectivity index (χ1v) is 12.2. The Bertz CT molecular complexity index is 1100. The fourth-order valence-electron chi connectivity index (χ4n) is 3.63. The molecule has 0 spiro atoms. The second-order valence-corrected chi connectivity index (χ2v) is 8.63. The van der Waals surface area contributed by atoms with Gasteiger partial charge >= 0.3 is 17.9 Å². The van der Waals surface area contributed by atoms with Crippen molar-refractivity contribution >= 4 is 29.2 Å². The summed E-state index contributed by atoms with van der Waals surface area (Å²) in [5.74, 6) is -2.48. The van der Waals surface area contributed by atoms with Crippen LogP contribution in [0.5, 0.6) is 0 Å². The number of carbonyl (C=O) groups excluding carboxylic acids is 3. The summed E-state index contributed by atoms with van der Waals surface area (Å²) in [6.07, 6.45) is 1.02. The van der Waals surface area contributed by atoms with Crippen LogP contribution in [0.2, 0.25) is 0 Å². The highest BCUT2D eigenvalue weighted by atomic mass is 32.1. The van der Waals surface area contributed by atoms with Gasteiger partial charge in [0.2, 0.25) is 0 Å². The van der Waals surface area contributed by atoms with E-state index >= 15 is 0 Å². The summed E-state index contributed by atoms with van der Waals surface area (Å²) in [6.45, 7) is 5.50. The Morgan fingerprint density at radius 3 is 2.29 bits per heavy atom. The van der Waals surface area contributed by atoms with Crippen LogP contribution in [0.4, 0.5) is 0 Å². The number of carbonyl (C=O) groups is 3. The number of aromatic amines is 1. The van der Waals surface area contributed by atoms with E-state index in [2.05, 4.69) is 4.98 Å². The molecule has 0 aliphatic carbocycles. The normalized spacial score (nSPS) is 11.6. The first-order valence-electron chi connectivity index (χ1n) is 11.3. The quantitative estimate of drug-likeness (QED) is 0.303. The average Bonchev–Trinajstić information content (AvgIpc) is 3.49. The third-order valence-corrected chi connectivity index (χ3v) is 6.24. The number of hydrogen-bond acceptors (Lipinski definition) is 7. The summed E-state index contributed by atoms with van der Waals surface area (Å²) in [5, 5.41) is 1.97. The van der Waals surface area contributed by atoms with Crippen molar-refractivity contribution in [2.45, 2.75) is 46.1 Å². The van der Waals surface area contributed by atoms with Crippen molar-refractivity contribution in [3.63, 3.8) is 0 Å². The van der Waals surface area contributed by atoms with Crippen LogP contribution in [-0.4, -0.2) is 36.1 Å². The molecule has 0 fully saturated rings. The van der Waals surface area contributed by atoms with Gasteiger partial charge in [-0.3, -0.25) is 4.79 Å². The Balaban J connectivity index is 2.01. The molecule has 0 bridgehead atoms. The van der Waals surface area contributed by atoms with Gasteiger partial charge in [-0.2, -0.15) is 0 Å². The van der Waals surface area contributed by atoms with Crippen LogP contribution in [0.25, 0.3) is 0 Å². The van der Waals surface area contributed by atoms with Gasteiger partial charge in [-0.05, 0) is 56.2 Å². The zero-order valence-electron chi connectivity index (χ0n) is 19.6. The van der Waals surface area contributed by atoms with E-state index in [0.29, 0.717) is 24.1 Å². The van der Waals surface area contributed by atoms with Gasteiger partial charge in [-0.1, -0.05) is 36.4 Å². The lowest BCUT2D eigenvalue weighted by molar-refractivity contribution is -0.144. The second kappa shape index (κ2) is 12.2. The number of hydrogen-bond donors (Lipinski definition) is 1. The Kier molecular flexibility index (Phi) is 9.04.